The Morgan fingerprint density at radius 3 is 2.73 bits per heavy atom. The van der Waals surface area contributed by atoms with Crippen LogP contribution in [0.3, 0.4) is 0 Å². The van der Waals surface area contributed by atoms with Crippen LogP contribution in [0, 0.1) is 0 Å². The third-order valence-corrected chi connectivity index (χ3v) is 4.83. The topological polar surface area (TPSA) is 68.0 Å². The van der Waals surface area contributed by atoms with E-state index in [9.17, 15) is 4.79 Å². The molecule has 1 amide bonds. The Hall–Kier alpha value is -2.02. The van der Waals surface area contributed by atoms with Crippen molar-refractivity contribution in [2.24, 2.45) is 0 Å². The van der Waals surface area contributed by atoms with Crippen molar-refractivity contribution < 1.29 is 9.21 Å². The van der Waals surface area contributed by atoms with Gasteiger partial charge in [0.25, 0.3) is 5.91 Å². The van der Waals surface area contributed by atoms with E-state index in [1.807, 2.05) is 24.3 Å². The molecule has 2 aromatic carbocycles. The summed E-state index contributed by atoms with van der Waals surface area (Å²) in [6, 6.07) is 12.4. The largest absolute Gasteiger partial charge is 0.403 e. The van der Waals surface area contributed by atoms with Gasteiger partial charge in [0.1, 0.15) is 0 Å². The van der Waals surface area contributed by atoms with Crippen LogP contribution >= 0.6 is 35.0 Å². The lowest BCUT2D eigenvalue weighted by molar-refractivity contribution is 0.102. The van der Waals surface area contributed by atoms with Crippen LogP contribution < -0.4 is 5.32 Å². The lowest BCUT2D eigenvalue weighted by Gasteiger charge is -2.05. The number of rotatable bonds is 5. The number of thioether (sulfide) groups is 1. The Balaban J connectivity index is 1.78. The first-order valence-corrected chi connectivity index (χ1v) is 9.43. The van der Waals surface area contributed by atoms with Crippen molar-refractivity contribution in [3.05, 3.63) is 58.1 Å². The van der Waals surface area contributed by atoms with Crippen LogP contribution in [-0.2, 0) is 0 Å². The summed E-state index contributed by atoms with van der Waals surface area (Å²) in [5.74, 6) is -0.152. The molecule has 0 saturated heterocycles. The number of amides is 1. The van der Waals surface area contributed by atoms with Crippen molar-refractivity contribution in [3.63, 3.8) is 0 Å². The molecule has 0 radical (unpaired) electrons. The molecule has 0 spiro atoms. The van der Waals surface area contributed by atoms with Crippen LogP contribution in [0.4, 0.5) is 6.01 Å². The molecule has 0 fully saturated rings. The second-order valence-electron chi connectivity index (χ2n) is 5.69. The van der Waals surface area contributed by atoms with Crippen LogP contribution in [0.1, 0.15) is 24.2 Å². The zero-order valence-corrected chi connectivity index (χ0v) is 16.3. The summed E-state index contributed by atoms with van der Waals surface area (Å²) in [5, 5.41) is 11.6. The second-order valence-corrected chi connectivity index (χ2v) is 8.18. The Morgan fingerprint density at radius 1 is 1.15 bits per heavy atom. The third-order valence-electron chi connectivity index (χ3n) is 3.27. The SMILES string of the molecule is CC(C)Sc1cccc(-c2nnc(NC(=O)c3cc(Cl)ccc3Cl)o2)c1. The Labute approximate surface area is 165 Å². The fraction of sp³-hybridized carbons (Fsp3) is 0.167. The van der Waals surface area contributed by atoms with E-state index >= 15 is 0 Å². The van der Waals surface area contributed by atoms with Gasteiger partial charge in [-0.1, -0.05) is 48.2 Å². The molecule has 0 bridgehead atoms. The molecular formula is C18H15Cl2N3O2S. The molecule has 5 nitrogen and oxygen atoms in total. The molecule has 0 saturated carbocycles. The molecular weight excluding hydrogens is 393 g/mol. The van der Waals surface area contributed by atoms with E-state index in [4.69, 9.17) is 27.6 Å². The molecule has 0 unspecified atom stereocenters. The van der Waals surface area contributed by atoms with Gasteiger partial charge in [-0.25, -0.2) is 0 Å². The molecule has 0 atom stereocenters. The van der Waals surface area contributed by atoms with Gasteiger partial charge in [0.15, 0.2) is 0 Å². The monoisotopic (exact) mass is 407 g/mol. The minimum Gasteiger partial charge on any atom is -0.403 e. The highest BCUT2D eigenvalue weighted by molar-refractivity contribution is 7.99. The van der Waals surface area contributed by atoms with Crippen molar-refractivity contribution in [3.8, 4) is 11.5 Å². The van der Waals surface area contributed by atoms with Gasteiger partial charge in [-0.15, -0.1) is 16.9 Å². The Morgan fingerprint density at radius 2 is 1.96 bits per heavy atom. The van der Waals surface area contributed by atoms with E-state index in [1.54, 1.807) is 23.9 Å². The Kier molecular flexibility index (Phi) is 5.86. The van der Waals surface area contributed by atoms with Crippen LogP contribution in [0.2, 0.25) is 10.0 Å². The molecule has 1 heterocycles. The van der Waals surface area contributed by atoms with Crippen LogP contribution in [0.5, 0.6) is 0 Å². The lowest BCUT2D eigenvalue weighted by Crippen LogP contribution is -2.12. The highest BCUT2D eigenvalue weighted by atomic mass is 35.5. The molecule has 3 rings (SSSR count). The second kappa shape index (κ2) is 8.12. The molecule has 0 aliphatic rings. The van der Waals surface area contributed by atoms with Gasteiger partial charge in [0.05, 0.1) is 10.6 Å². The van der Waals surface area contributed by atoms with Crippen LogP contribution in [0.15, 0.2) is 51.8 Å². The van der Waals surface area contributed by atoms with E-state index < -0.39 is 5.91 Å². The smallest absolute Gasteiger partial charge is 0.322 e. The lowest BCUT2D eigenvalue weighted by atomic mass is 10.2. The van der Waals surface area contributed by atoms with Crippen molar-refractivity contribution in [2.75, 3.05) is 5.32 Å². The predicted octanol–water partition coefficient (Wildman–Crippen LogP) is 5.80. The molecule has 0 aliphatic heterocycles. The minimum atomic E-state index is -0.475. The van der Waals surface area contributed by atoms with Gasteiger partial charge in [-0.3, -0.25) is 10.1 Å². The van der Waals surface area contributed by atoms with Gasteiger partial charge in [-0.2, -0.15) is 0 Å². The number of carbonyl (C=O) groups excluding carboxylic acids is 1. The van der Waals surface area contributed by atoms with Gasteiger partial charge in [0, 0.05) is 20.7 Å². The van der Waals surface area contributed by atoms with Crippen molar-refractivity contribution in [1.82, 2.24) is 10.2 Å². The number of nitrogens with one attached hydrogen (secondary N) is 1. The highest BCUT2D eigenvalue weighted by Gasteiger charge is 2.16. The van der Waals surface area contributed by atoms with Crippen molar-refractivity contribution >= 4 is 46.9 Å². The summed E-state index contributed by atoms with van der Waals surface area (Å²) >= 11 is 13.7. The zero-order valence-electron chi connectivity index (χ0n) is 14.0. The normalized spacial score (nSPS) is 11.0. The molecule has 0 aliphatic carbocycles. The minimum absolute atomic E-state index is 0.0112. The van der Waals surface area contributed by atoms with E-state index in [0.717, 1.165) is 10.5 Å². The van der Waals surface area contributed by atoms with Gasteiger partial charge >= 0.3 is 6.01 Å². The van der Waals surface area contributed by atoms with Crippen LogP contribution in [0.25, 0.3) is 11.5 Å². The fourth-order valence-corrected chi connectivity index (χ4v) is 3.47. The average molecular weight is 408 g/mol. The first-order chi connectivity index (χ1) is 12.4. The van der Waals surface area contributed by atoms with Gasteiger partial charge in [0.2, 0.25) is 5.89 Å². The molecule has 8 heteroatoms. The molecule has 134 valence electrons. The number of anilines is 1. The van der Waals surface area contributed by atoms with E-state index in [2.05, 4.69) is 29.4 Å². The number of aromatic nitrogens is 2. The zero-order chi connectivity index (χ0) is 18.7. The summed E-state index contributed by atoms with van der Waals surface area (Å²) in [4.78, 5) is 13.4. The Bertz CT molecular complexity index is 944. The van der Waals surface area contributed by atoms with Crippen molar-refractivity contribution in [2.45, 2.75) is 24.0 Å². The quantitative estimate of drug-likeness (QED) is 0.541. The first-order valence-electron chi connectivity index (χ1n) is 7.79. The fourth-order valence-electron chi connectivity index (χ4n) is 2.20. The highest BCUT2D eigenvalue weighted by Crippen LogP contribution is 2.28. The summed E-state index contributed by atoms with van der Waals surface area (Å²) < 4.78 is 5.55. The number of benzene rings is 2. The van der Waals surface area contributed by atoms with Gasteiger partial charge in [-0.05, 0) is 36.4 Å². The summed E-state index contributed by atoms with van der Waals surface area (Å²) in [6.45, 7) is 4.25. The van der Waals surface area contributed by atoms with E-state index in [0.29, 0.717) is 16.2 Å². The number of hydrogen-bond donors (Lipinski definition) is 1. The first kappa shape index (κ1) is 18.8. The summed E-state index contributed by atoms with van der Waals surface area (Å²) in [6.07, 6.45) is 0. The molecule has 1 aromatic heterocycles. The number of halogens is 2. The maximum Gasteiger partial charge on any atom is 0.322 e. The predicted molar refractivity (Wildman–Crippen MR) is 105 cm³/mol. The number of carbonyl (C=O) groups is 1. The maximum absolute atomic E-state index is 12.3. The average Bonchev–Trinajstić information content (AvgIpc) is 3.05. The maximum atomic E-state index is 12.3. The molecule has 3 aromatic rings. The van der Waals surface area contributed by atoms with Crippen molar-refractivity contribution in [1.29, 1.82) is 0 Å². The summed E-state index contributed by atoms with van der Waals surface area (Å²) in [5.41, 5.74) is 1.01. The van der Waals surface area contributed by atoms with Gasteiger partial charge < -0.3 is 4.42 Å². The number of nitrogens with zero attached hydrogens (tertiary/aromatic N) is 2. The number of hydrogen-bond acceptors (Lipinski definition) is 5. The third kappa shape index (κ3) is 4.58. The summed E-state index contributed by atoms with van der Waals surface area (Å²) in [7, 11) is 0. The molecule has 1 N–H and O–H groups in total. The van der Waals surface area contributed by atoms with Crippen LogP contribution in [-0.4, -0.2) is 21.4 Å². The van der Waals surface area contributed by atoms with E-state index in [1.165, 1.54) is 6.07 Å². The standard InChI is InChI=1S/C18H15Cl2N3O2S/c1-10(2)26-13-5-3-4-11(8-13)17-22-23-18(25-17)21-16(24)14-9-12(19)6-7-15(14)20/h3-10H,1-2H3,(H,21,23,24). The molecule has 26 heavy (non-hydrogen) atoms. The van der Waals surface area contributed by atoms with E-state index in [-0.39, 0.29) is 16.6 Å².